The number of aryl methyl sites for hydroxylation is 1. The molecule has 1 aromatic carbocycles. The van der Waals surface area contributed by atoms with Crippen molar-refractivity contribution in [1.29, 1.82) is 0 Å². The van der Waals surface area contributed by atoms with Crippen molar-refractivity contribution in [3.05, 3.63) is 58.1 Å². The maximum atomic E-state index is 13.0. The topological polar surface area (TPSA) is 54.0 Å². The summed E-state index contributed by atoms with van der Waals surface area (Å²) >= 11 is 1.13. The lowest BCUT2D eigenvalue weighted by Crippen LogP contribution is -2.37. The van der Waals surface area contributed by atoms with E-state index in [2.05, 4.69) is 15.6 Å². The molecule has 0 fully saturated rings. The van der Waals surface area contributed by atoms with E-state index >= 15 is 0 Å². The third-order valence-electron chi connectivity index (χ3n) is 4.01. The number of pyridine rings is 1. The van der Waals surface area contributed by atoms with Crippen LogP contribution in [-0.4, -0.2) is 10.9 Å². The molecule has 0 saturated carbocycles. The molecule has 4 rings (SSSR count). The van der Waals surface area contributed by atoms with Crippen LogP contribution in [0.5, 0.6) is 0 Å². The Labute approximate surface area is 140 Å². The number of alkyl halides is 2. The van der Waals surface area contributed by atoms with E-state index in [0.717, 1.165) is 22.3 Å². The fraction of sp³-hybridized carbons (Fsp3) is 0.176. The summed E-state index contributed by atoms with van der Waals surface area (Å²) in [5.74, 6) is -0.224. The Morgan fingerprint density at radius 2 is 1.96 bits per heavy atom. The number of nitrogens with one attached hydrogen (secondary N) is 2. The van der Waals surface area contributed by atoms with Crippen molar-refractivity contribution in [1.82, 2.24) is 10.3 Å². The van der Waals surface area contributed by atoms with Crippen LogP contribution in [0.1, 0.15) is 39.1 Å². The van der Waals surface area contributed by atoms with Gasteiger partial charge in [0.1, 0.15) is 21.6 Å². The lowest BCUT2D eigenvalue weighted by molar-refractivity contribution is 0.0940. The number of thiophene rings is 1. The minimum atomic E-state index is -2.63. The van der Waals surface area contributed by atoms with E-state index in [1.165, 1.54) is 6.07 Å². The highest BCUT2D eigenvalue weighted by atomic mass is 32.1. The van der Waals surface area contributed by atoms with Gasteiger partial charge >= 0.3 is 0 Å². The number of carbonyl (C=O) groups excluding carboxylic acids is 1. The third-order valence-corrected chi connectivity index (χ3v) is 5.09. The second kappa shape index (κ2) is 5.52. The lowest BCUT2D eigenvalue weighted by Gasteiger charge is -2.26. The Kier molecular flexibility index (Phi) is 3.45. The van der Waals surface area contributed by atoms with Crippen molar-refractivity contribution < 1.29 is 13.6 Å². The molecule has 3 heterocycles. The zero-order valence-electron chi connectivity index (χ0n) is 12.6. The number of amides is 1. The Bertz CT molecular complexity index is 940. The average molecular weight is 345 g/mol. The van der Waals surface area contributed by atoms with Gasteiger partial charge in [-0.25, -0.2) is 13.8 Å². The molecule has 3 aromatic rings. The first-order chi connectivity index (χ1) is 11.5. The summed E-state index contributed by atoms with van der Waals surface area (Å²) in [6, 6.07) is 10.9. The highest BCUT2D eigenvalue weighted by molar-refractivity contribution is 7.21. The Morgan fingerprint density at radius 1 is 1.21 bits per heavy atom. The number of carbonyl (C=O) groups is 1. The molecule has 24 heavy (non-hydrogen) atoms. The van der Waals surface area contributed by atoms with Crippen molar-refractivity contribution in [3.63, 3.8) is 0 Å². The van der Waals surface area contributed by atoms with Gasteiger partial charge in [0.05, 0.1) is 5.69 Å². The van der Waals surface area contributed by atoms with E-state index < -0.39 is 6.43 Å². The van der Waals surface area contributed by atoms with Gasteiger partial charge in [0.15, 0.2) is 0 Å². The van der Waals surface area contributed by atoms with E-state index in [9.17, 15) is 13.6 Å². The number of hydrogen-bond acceptors (Lipinski definition) is 4. The number of anilines is 1. The van der Waals surface area contributed by atoms with Crippen LogP contribution in [0.25, 0.3) is 10.2 Å². The molecule has 0 spiro atoms. The second-order valence-corrected chi connectivity index (χ2v) is 6.61. The summed E-state index contributed by atoms with van der Waals surface area (Å²) < 4.78 is 25.9. The number of nitrogens with zero attached hydrogens (tertiary/aromatic N) is 1. The number of fused-ring (bicyclic) bond motifs is 3. The number of hydrogen-bond donors (Lipinski definition) is 2. The molecule has 0 bridgehead atoms. The summed E-state index contributed by atoms with van der Waals surface area (Å²) in [6.07, 6.45) is -3.00. The molecule has 7 heteroatoms. The van der Waals surface area contributed by atoms with Crippen LogP contribution in [0.3, 0.4) is 0 Å². The maximum Gasteiger partial charge on any atom is 0.280 e. The summed E-state index contributed by atoms with van der Waals surface area (Å²) in [4.78, 5) is 17.4. The smallest absolute Gasteiger partial charge is 0.280 e. The highest BCUT2D eigenvalue weighted by Crippen LogP contribution is 2.41. The second-order valence-electron chi connectivity index (χ2n) is 5.61. The van der Waals surface area contributed by atoms with Gasteiger partial charge in [0, 0.05) is 5.39 Å². The molecule has 4 nitrogen and oxygen atoms in total. The van der Waals surface area contributed by atoms with Crippen molar-refractivity contribution in [3.8, 4) is 0 Å². The monoisotopic (exact) mass is 345 g/mol. The molecule has 2 N–H and O–H groups in total. The average Bonchev–Trinajstić information content (AvgIpc) is 2.95. The molecule has 1 aliphatic rings. The predicted octanol–water partition coefficient (Wildman–Crippen LogP) is 4.40. The van der Waals surface area contributed by atoms with E-state index in [0.29, 0.717) is 21.0 Å². The van der Waals surface area contributed by atoms with Gasteiger partial charge in [0.25, 0.3) is 12.3 Å². The van der Waals surface area contributed by atoms with Gasteiger partial charge < -0.3 is 10.6 Å². The van der Waals surface area contributed by atoms with Gasteiger partial charge in [-0.1, -0.05) is 30.3 Å². The quantitative estimate of drug-likeness (QED) is 0.724. The van der Waals surface area contributed by atoms with Gasteiger partial charge in [-0.3, -0.25) is 4.79 Å². The molecule has 1 atom stereocenters. The zero-order chi connectivity index (χ0) is 16.8. The molecule has 0 saturated heterocycles. The summed E-state index contributed by atoms with van der Waals surface area (Å²) in [5.41, 5.74) is 2.00. The fourth-order valence-corrected chi connectivity index (χ4v) is 4.03. The van der Waals surface area contributed by atoms with Crippen molar-refractivity contribution >= 4 is 33.1 Å². The molecule has 0 aliphatic carbocycles. The van der Waals surface area contributed by atoms with Crippen molar-refractivity contribution in [2.24, 2.45) is 0 Å². The zero-order valence-corrected chi connectivity index (χ0v) is 13.5. The molecule has 2 aromatic heterocycles. The summed E-state index contributed by atoms with van der Waals surface area (Å²) in [6.45, 7) is 1.76. The van der Waals surface area contributed by atoms with Crippen LogP contribution < -0.4 is 10.6 Å². The van der Waals surface area contributed by atoms with Crippen LogP contribution in [0, 0.1) is 6.92 Å². The number of rotatable bonds is 2. The van der Waals surface area contributed by atoms with E-state index in [1.807, 2.05) is 30.3 Å². The molecule has 122 valence electrons. The molecule has 1 aliphatic heterocycles. The van der Waals surface area contributed by atoms with Crippen LogP contribution in [0.2, 0.25) is 0 Å². The van der Waals surface area contributed by atoms with Crippen molar-refractivity contribution in [2.45, 2.75) is 19.5 Å². The Morgan fingerprint density at radius 3 is 2.67 bits per heavy atom. The first-order valence-electron chi connectivity index (χ1n) is 7.39. The Balaban J connectivity index is 1.85. The van der Waals surface area contributed by atoms with Crippen LogP contribution >= 0.6 is 11.3 Å². The van der Waals surface area contributed by atoms with Crippen LogP contribution in [-0.2, 0) is 0 Å². The molecule has 1 amide bonds. The Hall–Kier alpha value is -2.54. The van der Waals surface area contributed by atoms with Crippen LogP contribution in [0.4, 0.5) is 14.5 Å². The molecule has 0 unspecified atom stereocenters. The first kappa shape index (κ1) is 15.0. The number of aromatic nitrogens is 1. The van der Waals surface area contributed by atoms with Gasteiger partial charge in [-0.15, -0.1) is 11.3 Å². The number of halogens is 2. The van der Waals surface area contributed by atoms with Gasteiger partial charge in [-0.2, -0.15) is 0 Å². The predicted molar refractivity (Wildman–Crippen MR) is 89.6 cm³/mol. The highest BCUT2D eigenvalue weighted by Gasteiger charge is 2.30. The maximum absolute atomic E-state index is 13.0. The van der Waals surface area contributed by atoms with Gasteiger partial charge in [-0.05, 0) is 24.1 Å². The fourth-order valence-electron chi connectivity index (χ4n) is 2.91. The summed E-state index contributed by atoms with van der Waals surface area (Å²) in [5, 5.41) is 6.93. The third kappa shape index (κ3) is 2.32. The summed E-state index contributed by atoms with van der Waals surface area (Å²) in [7, 11) is 0. The normalized spacial score (nSPS) is 16.8. The SMILES string of the molecule is Cc1cc(C(F)F)nc2sc3c(c12)N[C@H](c1ccccc1)NC3=O. The van der Waals surface area contributed by atoms with Crippen molar-refractivity contribution in [2.75, 3.05) is 5.32 Å². The number of benzene rings is 1. The molecule has 0 radical (unpaired) electrons. The first-order valence-corrected chi connectivity index (χ1v) is 8.21. The van der Waals surface area contributed by atoms with E-state index in [-0.39, 0.29) is 17.8 Å². The molecular formula is C17H13F2N3OS. The largest absolute Gasteiger partial charge is 0.360 e. The van der Waals surface area contributed by atoms with E-state index in [1.54, 1.807) is 6.92 Å². The van der Waals surface area contributed by atoms with Crippen LogP contribution in [0.15, 0.2) is 36.4 Å². The lowest BCUT2D eigenvalue weighted by atomic mass is 10.1. The standard InChI is InChI=1S/C17H13F2N3OS/c1-8-7-10(14(18)19)20-17-11(8)12-13(24-17)16(23)22-15(21-12)9-5-3-2-4-6-9/h2-7,14-15,21H,1H3,(H,22,23)/t15-/m0/s1. The van der Waals surface area contributed by atoms with E-state index in [4.69, 9.17) is 0 Å². The minimum Gasteiger partial charge on any atom is -0.360 e. The van der Waals surface area contributed by atoms with Gasteiger partial charge in [0.2, 0.25) is 0 Å². The minimum absolute atomic E-state index is 0.224. The molecular weight excluding hydrogens is 332 g/mol.